The molecule has 4 rings (SSSR count). The smallest absolute Gasteiger partial charge is 0.252 e. The number of amides is 1. The van der Waals surface area contributed by atoms with Crippen LogP contribution in [0.15, 0.2) is 45.3 Å². The van der Waals surface area contributed by atoms with E-state index in [1.807, 2.05) is 0 Å². The van der Waals surface area contributed by atoms with Crippen LogP contribution in [0.5, 0.6) is 0 Å². The summed E-state index contributed by atoms with van der Waals surface area (Å²) in [5.74, 6) is 0.628. The molecule has 0 bridgehead atoms. The van der Waals surface area contributed by atoms with Gasteiger partial charge in [-0.15, -0.1) is 0 Å². The number of hydrogen-bond donors (Lipinski definition) is 1. The van der Waals surface area contributed by atoms with Crippen LogP contribution in [0.2, 0.25) is 0 Å². The lowest BCUT2D eigenvalue weighted by Crippen LogP contribution is -2.26. The Hall–Kier alpha value is -3.55. The van der Waals surface area contributed by atoms with Crippen molar-refractivity contribution in [1.82, 2.24) is 20.4 Å². The van der Waals surface area contributed by atoms with Crippen LogP contribution in [0.4, 0.5) is 4.39 Å². The van der Waals surface area contributed by atoms with Crippen LogP contribution in [0.1, 0.15) is 40.9 Å². The number of oxazole rings is 1. The molecular weight excluding hydrogens is 363 g/mol. The van der Waals surface area contributed by atoms with Crippen molar-refractivity contribution >= 4 is 17.0 Å². The van der Waals surface area contributed by atoms with Crippen molar-refractivity contribution in [2.24, 2.45) is 0 Å². The first-order valence-corrected chi connectivity index (χ1v) is 8.69. The van der Waals surface area contributed by atoms with Crippen molar-refractivity contribution < 1.29 is 18.1 Å². The van der Waals surface area contributed by atoms with Gasteiger partial charge in [-0.3, -0.25) is 4.79 Å². The molecule has 1 N–H and O–H groups in total. The third-order valence-electron chi connectivity index (χ3n) is 4.28. The van der Waals surface area contributed by atoms with Gasteiger partial charge in [0.25, 0.3) is 5.91 Å². The second-order valence-corrected chi connectivity index (χ2v) is 6.49. The number of nitrogens with one attached hydrogen (secondary N) is 1. The monoisotopic (exact) mass is 380 g/mol. The molecule has 2 aromatic heterocycles. The van der Waals surface area contributed by atoms with Crippen LogP contribution in [-0.4, -0.2) is 21.0 Å². The quantitative estimate of drug-likeness (QED) is 0.572. The molecule has 0 saturated carbocycles. The van der Waals surface area contributed by atoms with E-state index in [-0.39, 0.29) is 11.7 Å². The number of nitrogens with zero attached hydrogens (tertiary/aromatic N) is 3. The van der Waals surface area contributed by atoms with Crippen molar-refractivity contribution in [1.29, 1.82) is 0 Å². The largest absolute Gasteiger partial charge is 0.440 e. The summed E-state index contributed by atoms with van der Waals surface area (Å²) in [6.07, 6.45) is 0. The number of aromatic nitrogens is 3. The molecule has 1 atom stereocenters. The minimum Gasteiger partial charge on any atom is -0.440 e. The average molecular weight is 380 g/mol. The maximum Gasteiger partial charge on any atom is 0.252 e. The van der Waals surface area contributed by atoms with Gasteiger partial charge in [-0.1, -0.05) is 17.3 Å². The molecule has 28 heavy (non-hydrogen) atoms. The Morgan fingerprint density at radius 1 is 1.14 bits per heavy atom. The third kappa shape index (κ3) is 3.36. The fourth-order valence-electron chi connectivity index (χ4n) is 2.95. The standard InChI is InChI=1S/C20H17FN4O3/c1-10(20-23-11(2)25-28-20)22-19(26)14-8-16(13-4-6-15(21)7-5-13)18-17(9-14)24-12(3)27-18/h4-10H,1-3H3,(H,22,26)/t10-/m1/s1. The lowest BCUT2D eigenvalue weighted by atomic mass is 10.0. The molecule has 1 amide bonds. The van der Waals surface area contributed by atoms with Gasteiger partial charge in [0.05, 0.1) is 0 Å². The van der Waals surface area contributed by atoms with E-state index in [9.17, 15) is 9.18 Å². The number of fused-ring (bicyclic) bond motifs is 1. The van der Waals surface area contributed by atoms with E-state index in [0.29, 0.717) is 39.8 Å². The highest BCUT2D eigenvalue weighted by molar-refractivity contribution is 6.02. The minimum absolute atomic E-state index is 0.322. The van der Waals surface area contributed by atoms with Crippen molar-refractivity contribution in [2.45, 2.75) is 26.8 Å². The van der Waals surface area contributed by atoms with Crippen LogP contribution in [0.25, 0.3) is 22.2 Å². The molecule has 0 saturated heterocycles. The fraction of sp³-hybridized carbons (Fsp3) is 0.200. The molecule has 2 aromatic carbocycles. The molecule has 0 aliphatic rings. The summed E-state index contributed by atoms with van der Waals surface area (Å²) in [4.78, 5) is 21.3. The van der Waals surface area contributed by atoms with Crippen LogP contribution < -0.4 is 5.32 Å². The zero-order chi connectivity index (χ0) is 19.8. The molecule has 0 unspecified atom stereocenters. The van der Waals surface area contributed by atoms with Crippen LogP contribution in [0.3, 0.4) is 0 Å². The van der Waals surface area contributed by atoms with E-state index in [4.69, 9.17) is 8.94 Å². The van der Waals surface area contributed by atoms with E-state index >= 15 is 0 Å². The fourth-order valence-corrected chi connectivity index (χ4v) is 2.95. The Morgan fingerprint density at radius 2 is 1.89 bits per heavy atom. The van der Waals surface area contributed by atoms with E-state index in [1.54, 1.807) is 45.0 Å². The first kappa shape index (κ1) is 17.8. The highest BCUT2D eigenvalue weighted by Gasteiger charge is 2.20. The SMILES string of the molecule is Cc1noc([C@@H](C)NC(=O)c2cc(-c3ccc(F)cc3)c3oc(C)nc3c2)n1. The first-order valence-electron chi connectivity index (χ1n) is 8.69. The highest BCUT2D eigenvalue weighted by atomic mass is 19.1. The highest BCUT2D eigenvalue weighted by Crippen LogP contribution is 2.31. The van der Waals surface area contributed by atoms with Gasteiger partial charge >= 0.3 is 0 Å². The second-order valence-electron chi connectivity index (χ2n) is 6.49. The molecule has 0 aliphatic carbocycles. The predicted octanol–water partition coefficient (Wildman–Crippen LogP) is 4.12. The number of carbonyl (C=O) groups is 1. The minimum atomic E-state index is -0.460. The van der Waals surface area contributed by atoms with Crippen molar-refractivity contribution in [3.8, 4) is 11.1 Å². The van der Waals surface area contributed by atoms with E-state index in [2.05, 4.69) is 20.4 Å². The van der Waals surface area contributed by atoms with Gasteiger partial charge in [0.2, 0.25) is 5.89 Å². The Morgan fingerprint density at radius 3 is 2.57 bits per heavy atom. The summed E-state index contributed by atoms with van der Waals surface area (Å²) in [5, 5.41) is 6.56. The predicted molar refractivity (Wildman–Crippen MR) is 99.1 cm³/mol. The van der Waals surface area contributed by atoms with Crippen molar-refractivity contribution in [2.75, 3.05) is 0 Å². The van der Waals surface area contributed by atoms with Crippen molar-refractivity contribution in [3.63, 3.8) is 0 Å². The van der Waals surface area contributed by atoms with Gasteiger partial charge in [0, 0.05) is 18.1 Å². The normalized spacial score (nSPS) is 12.3. The van der Waals surface area contributed by atoms with Gasteiger partial charge in [-0.05, 0) is 43.7 Å². The summed E-state index contributed by atoms with van der Waals surface area (Å²) in [5.41, 5.74) is 2.86. The zero-order valence-electron chi connectivity index (χ0n) is 15.5. The van der Waals surface area contributed by atoms with Gasteiger partial charge in [-0.2, -0.15) is 4.98 Å². The number of aryl methyl sites for hydroxylation is 2. The van der Waals surface area contributed by atoms with Gasteiger partial charge in [0.15, 0.2) is 17.3 Å². The molecule has 142 valence electrons. The average Bonchev–Trinajstić information content (AvgIpc) is 3.26. The molecule has 0 spiro atoms. The number of rotatable bonds is 4. The Balaban J connectivity index is 1.72. The molecule has 0 radical (unpaired) electrons. The Bertz CT molecular complexity index is 1160. The van der Waals surface area contributed by atoms with Gasteiger partial charge in [0.1, 0.15) is 17.4 Å². The maximum atomic E-state index is 13.3. The molecule has 8 heteroatoms. The number of carbonyl (C=O) groups excluding carboxylic acids is 1. The summed E-state index contributed by atoms with van der Waals surface area (Å²) < 4.78 is 24.1. The molecule has 2 heterocycles. The lowest BCUT2D eigenvalue weighted by Gasteiger charge is -2.11. The van der Waals surface area contributed by atoms with E-state index < -0.39 is 6.04 Å². The molecule has 0 fully saturated rings. The van der Waals surface area contributed by atoms with E-state index in [1.165, 1.54) is 12.1 Å². The van der Waals surface area contributed by atoms with Gasteiger partial charge < -0.3 is 14.3 Å². The zero-order valence-corrected chi connectivity index (χ0v) is 15.5. The van der Waals surface area contributed by atoms with Crippen LogP contribution in [-0.2, 0) is 0 Å². The van der Waals surface area contributed by atoms with Gasteiger partial charge in [-0.25, -0.2) is 9.37 Å². The number of hydrogen-bond acceptors (Lipinski definition) is 6. The van der Waals surface area contributed by atoms with Crippen molar-refractivity contribution in [3.05, 3.63) is 65.4 Å². The van der Waals surface area contributed by atoms with Crippen LogP contribution >= 0.6 is 0 Å². The third-order valence-corrected chi connectivity index (χ3v) is 4.28. The topological polar surface area (TPSA) is 94.1 Å². The summed E-state index contributed by atoms with van der Waals surface area (Å²) in [6, 6.07) is 8.87. The second kappa shape index (κ2) is 6.88. The molecule has 7 nitrogen and oxygen atoms in total. The first-order chi connectivity index (χ1) is 13.4. The Kier molecular flexibility index (Phi) is 4.38. The molecular formula is C20H17FN4O3. The maximum absolute atomic E-state index is 13.3. The van der Waals surface area contributed by atoms with Crippen LogP contribution in [0, 0.1) is 19.7 Å². The Labute approximate surface area is 159 Å². The summed E-state index contributed by atoms with van der Waals surface area (Å²) in [6.45, 7) is 5.19. The lowest BCUT2D eigenvalue weighted by molar-refractivity contribution is 0.0932. The molecule has 0 aliphatic heterocycles. The summed E-state index contributed by atoms with van der Waals surface area (Å²) in [7, 11) is 0. The summed E-state index contributed by atoms with van der Waals surface area (Å²) >= 11 is 0. The van der Waals surface area contributed by atoms with E-state index in [0.717, 1.165) is 5.56 Å². The number of benzene rings is 2. The molecule has 4 aromatic rings. The number of halogens is 1.